The van der Waals surface area contributed by atoms with Gasteiger partial charge in [-0.05, 0) is 47.4 Å². The molecular formula is C23H37ClO2. The smallest absolute Gasteiger partial charge is 0.252 e. The van der Waals surface area contributed by atoms with Crippen LogP contribution in [0.4, 0.5) is 0 Å². The van der Waals surface area contributed by atoms with Gasteiger partial charge in [-0.15, -0.1) is 0 Å². The van der Waals surface area contributed by atoms with Crippen LogP contribution >= 0.6 is 11.6 Å². The Morgan fingerprint density at radius 2 is 1.27 bits per heavy atom. The minimum atomic E-state index is -0.457. The molecule has 0 saturated carbocycles. The molecule has 1 aromatic rings. The van der Waals surface area contributed by atoms with Crippen molar-refractivity contribution in [3.63, 3.8) is 0 Å². The highest BCUT2D eigenvalue weighted by molar-refractivity contribution is 6.67. The lowest BCUT2D eigenvalue weighted by Gasteiger charge is -2.32. The third-order valence-electron chi connectivity index (χ3n) is 5.61. The molecule has 0 radical (unpaired) electrons. The average molecular weight is 381 g/mol. The number of halogens is 1. The molecule has 1 rings (SSSR count). The van der Waals surface area contributed by atoms with Crippen LogP contribution < -0.4 is 0 Å². The maximum absolute atomic E-state index is 11.9. The van der Waals surface area contributed by atoms with E-state index in [1.54, 1.807) is 12.1 Å². The molecule has 1 aromatic carbocycles. The van der Waals surface area contributed by atoms with Gasteiger partial charge < -0.3 is 5.11 Å². The highest BCUT2D eigenvalue weighted by atomic mass is 35.5. The summed E-state index contributed by atoms with van der Waals surface area (Å²) in [6.07, 6.45) is 8.85. The summed E-state index contributed by atoms with van der Waals surface area (Å²) >= 11 is 5.83. The lowest BCUT2D eigenvalue weighted by molar-refractivity contribution is 0.108. The molecule has 2 nitrogen and oxygen atoms in total. The second-order valence-electron chi connectivity index (χ2n) is 8.88. The molecular weight excluding hydrogens is 344 g/mol. The number of aromatic hydroxyl groups is 1. The van der Waals surface area contributed by atoms with Gasteiger partial charge in [0.05, 0.1) is 0 Å². The van der Waals surface area contributed by atoms with Crippen LogP contribution in [0.1, 0.15) is 114 Å². The van der Waals surface area contributed by atoms with E-state index in [1.165, 1.54) is 12.8 Å². The Bertz CT molecular complexity index is 559. The van der Waals surface area contributed by atoms with E-state index in [9.17, 15) is 9.90 Å². The van der Waals surface area contributed by atoms with E-state index in [4.69, 9.17) is 11.6 Å². The van der Waals surface area contributed by atoms with Crippen molar-refractivity contribution < 1.29 is 9.90 Å². The van der Waals surface area contributed by atoms with Crippen LogP contribution in [0.25, 0.3) is 0 Å². The SMILES string of the molecule is CCCCCC(C)(C)c1cc(C(=O)Cl)cc(C(C)(C)CCCCC)c1O. The zero-order valence-electron chi connectivity index (χ0n) is 17.5. The van der Waals surface area contributed by atoms with Gasteiger partial charge in [0.15, 0.2) is 0 Å². The van der Waals surface area contributed by atoms with Gasteiger partial charge in [-0.2, -0.15) is 0 Å². The molecule has 1 N–H and O–H groups in total. The van der Waals surface area contributed by atoms with Crippen LogP contribution in [-0.2, 0) is 10.8 Å². The summed E-state index contributed by atoms with van der Waals surface area (Å²) in [6, 6.07) is 3.59. The number of phenolic OH excluding ortho intramolecular Hbond substituents is 1. The van der Waals surface area contributed by atoms with Gasteiger partial charge in [0.25, 0.3) is 5.24 Å². The summed E-state index contributed by atoms with van der Waals surface area (Å²) in [5.41, 5.74) is 1.78. The summed E-state index contributed by atoms with van der Waals surface area (Å²) in [5, 5.41) is 10.7. The predicted molar refractivity (Wildman–Crippen MR) is 113 cm³/mol. The summed E-state index contributed by atoms with van der Waals surface area (Å²) in [6.45, 7) is 13.0. The van der Waals surface area contributed by atoms with Crippen molar-refractivity contribution in [2.75, 3.05) is 0 Å². The fraction of sp³-hybridized carbons (Fsp3) is 0.696. The molecule has 26 heavy (non-hydrogen) atoms. The van der Waals surface area contributed by atoms with Gasteiger partial charge in [0.1, 0.15) is 5.75 Å². The molecule has 0 spiro atoms. The molecule has 0 aliphatic carbocycles. The van der Waals surface area contributed by atoms with Gasteiger partial charge in [-0.25, -0.2) is 0 Å². The molecule has 0 heterocycles. The first-order chi connectivity index (χ1) is 12.1. The van der Waals surface area contributed by atoms with Gasteiger partial charge in [0.2, 0.25) is 0 Å². The number of rotatable bonds is 11. The Balaban J connectivity index is 3.35. The van der Waals surface area contributed by atoms with Crippen molar-refractivity contribution in [3.8, 4) is 5.75 Å². The Labute approximate surface area is 165 Å². The van der Waals surface area contributed by atoms with Gasteiger partial charge in [0, 0.05) is 16.7 Å². The monoisotopic (exact) mass is 380 g/mol. The number of benzene rings is 1. The van der Waals surface area contributed by atoms with Crippen LogP contribution in [0.5, 0.6) is 5.75 Å². The van der Waals surface area contributed by atoms with E-state index in [2.05, 4.69) is 41.5 Å². The van der Waals surface area contributed by atoms with E-state index in [0.29, 0.717) is 11.3 Å². The van der Waals surface area contributed by atoms with E-state index in [-0.39, 0.29) is 10.8 Å². The van der Waals surface area contributed by atoms with Crippen molar-refractivity contribution in [2.24, 2.45) is 0 Å². The molecule has 0 atom stereocenters. The third kappa shape index (κ3) is 6.01. The summed E-state index contributed by atoms with van der Waals surface area (Å²) < 4.78 is 0. The first-order valence-electron chi connectivity index (χ1n) is 10.1. The van der Waals surface area contributed by atoms with Crippen molar-refractivity contribution >= 4 is 16.8 Å². The zero-order chi connectivity index (χ0) is 20.0. The van der Waals surface area contributed by atoms with E-state index < -0.39 is 5.24 Å². The molecule has 0 aliphatic rings. The second kappa shape index (κ2) is 9.78. The normalized spacial score (nSPS) is 12.4. The van der Waals surface area contributed by atoms with Crippen LogP contribution in [0, 0.1) is 0 Å². The highest BCUT2D eigenvalue weighted by Gasteiger charge is 2.31. The topological polar surface area (TPSA) is 37.3 Å². The molecule has 0 aliphatic heterocycles. The maximum atomic E-state index is 11.9. The zero-order valence-corrected chi connectivity index (χ0v) is 18.3. The number of hydrogen-bond donors (Lipinski definition) is 1. The van der Waals surface area contributed by atoms with Crippen LogP contribution in [-0.4, -0.2) is 10.3 Å². The van der Waals surface area contributed by atoms with Crippen molar-refractivity contribution in [3.05, 3.63) is 28.8 Å². The van der Waals surface area contributed by atoms with Crippen molar-refractivity contribution in [2.45, 2.75) is 104 Å². The molecule has 0 saturated heterocycles. The summed E-state index contributed by atoms with van der Waals surface area (Å²) in [4.78, 5) is 11.9. The van der Waals surface area contributed by atoms with Crippen LogP contribution in [0.2, 0.25) is 0 Å². The largest absolute Gasteiger partial charge is 0.507 e. The Morgan fingerprint density at radius 1 is 0.885 bits per heavy atom. The highest BCUT2D eigenvalue weighted by Crippen LogP contribution is 2.43. The number of carbonyl (C=O) groups is 1. The fourth-order valence-electron chi connectivity index (χ4n) is 3.68. The number of unbranched alkanes of at least 4 members (excludes halogenated alkanes) is 4. The van der Waals surface area contributed by atoms with Crippen molar-refractivity contribution in [1.29, 1.82) is 0 Å². The molecule has 148 valence electrons. The average Bonchev–Trinajstić information content (AvgIpc) is 2.54. The predicted octanol–water partition coefficient (Wildman–Crippen LogP) is 7.49. The lowest BCUT2D eigenvalue weighted by atomic mass is 9.73. The van der Waals surface area contributed by atoms with E-state index in [0.717, 1.165) is 49.7 Å². The molecule has 0 amide bonds. The first kappa shape index (κ1) is 23.0. The molecule has 0 bridgehead atoms. The third-order valence-corrected chi connectivity index (χ3v) is 5.82. The molecule has 0 fully saturated rings. The number of carbonyl (C=O) groups excluding carboxylic acids is 1. The molecule has 3 heteroatoms. The lowest BCUT2D eigenvalue weighted by Crippen LogP contribution is -2.23. The molecule has 0 aromatic heterocycles. The Kier molecular flexibility index (Phi) is 8.66. The standard InChI is InChI=1S/C23H37ClO2/c1-7-9-11-13-22(3,4)18-15-17(21(24)26)16-19(20(18)25)23(5,6)14-12-10-8-2/h15-16,25H,7-14H2,1-6H3. The number of hydrogen-bond acceptors (Lipinski definition) is 2. The Morgan fingerprint density at radius 3 is 1.58 bits per heavy atom. The van der Waals surface area contributed by atoms with E-state index in [1.807, 2.05) is 0 Å². The second-order valence-corrected chi connectivity index (χ2v) is 9.22. The van der Waals surface area contributed by atoms with E-state index >= 15 is 0 Å². The minimum Gasteiger partial charge on any atom is -0.507 e. The summed E-state index contributed by atoms with van der Waals surface area (Å²) in [7, 11) is 0. The number of phenols is 1. The van der Waals surface area contributed by atoms with Crippen molar-refractivity contribution in [1.82, 2.24) is 0 Å². The summed E-state index contributed by atoms with van der Waals surface area (Å²) in [5.74, 6) is 0.342. The van der Waals surface area contributed by atoms with Gasteiger partial charge >= 0.3 is 0 Å². The van der Waals surface area contributed by atoms with Crippen LogP contribution in [0.15, 0.2) is 12.1 Å². The first-order valence-corrected chi connectivity index (χ1v) is 10.5. The quantitative estimate of drug-likeness (QED) is 0.319. The van der Waals surface area contributed by atoms with Gasteiger partial charge in [-0.3, -0.25) is 4.79 Å². The minimum absolute atomic E-state index is 0.199. The fourth-order valence-corrected chi connectivity index (χ4v) is 3.79. The maximum Gasteiger partial charge on any atom is 0.252 e. The Hall–Kier alpha value is -1.02. The van der Waals surface area contributed by atoms with Crippen LogP contribution in [0.3, 0.4) is 0 Å². The van der Waals surface area contributed by atoms with Gasteiger partial charge in [-0.1, -0.05) is 80.1 Å². The molecule has 0 unspecified atom stereocenters.